The van der Waals surface area contributed by atoms with Crippen LogP contribution in [0.2, 0.25) is 0 Å². The maximum absolute atomic E-state index is 10.00. The molecule has 0 radical (unpaired) electrons. The van der Waals surface area contributed by atoms with Crippen molar-refractivity contribution in [2.75, 3.05) is 0 Å². The van der Waals surface area contributed by atoms with Crippen molar-refractivity contribution in [2.24, 2.45) is 0 Å². The standard InChI is InChI=1S/C45H28N4O/c1-3-4-13-39-28(2)33-18-19-35-38-25-31(17-22-43(38)50-45(35)44(33)48(39)32-10-6-5-7-11-32)36-23-29(26-46)15-20-41(36)49-40-14-9-8-12-34(40)37-24-30(27-47)16-21-42(37)49/h3-25H,1H2,2H3/b13-4-. The van der Waals surface area contributed by atoms with Gasteiger partial charge in [-0.1, -0.05) is 67.3 Å². The SMILES string of the molecule is C=C/C=C\c1c(C)c2ccc3c4cc(-c5cc(C#N)ccc5-n5c6ccccc6c6cc(C#N)ccc65)ccc4oc3c2n1-c1ccccc1. The van der Waals surface area contributed by atoms with Crippen molar-refractivity contribution in [1.82, 2.24) is 9.13 Å². The number of rotatable bonds is 5. The number of nitriles is 2. The zero-order valence-corrected chi connectivity index (χ0v) is 27.2. The van der Waals surface area contributed by atoms with E-state index in [1.54, 1.807) is 6.08 Å². The van der Waals surface area contributed by atoms with Crippen LogP contribution in [-0.2, 0) is 0 Å². The predicted octanol–water partition coefficient (Wildman–Crippen LogP) is 11.5. The highest BCUT2D eigenvalue weighted by atomic mass is 16.3. The summed E-state index contributed by atoms with van der Waals surface area (Å²) >= 11 is 0. The Morgan fingerprint density at radius 3 is 2.22 bits per heavy atom. The van der Waals surface area contributed by atoms with Crippen LogP contribution in [0.25, 0.3) is 83.2 Å². The second-order valence-electron chi connectivity index (χ2n) is 12.5. The molecule has 0 aliphatic heterocycles. The van der Waals surface area contributed by atoms with E-state index in [9.17, 15) is 10.5 Å². The molecule has 0 aliphatic rings. The van der Waals surface area contributed by atoms with Gasteiger partial charge >= 0.3 is 0 Å². The highest BCUT2D eigenvalue weighted by molar-refractivity contribution is 6.16. The van der Waals surface area contributed by atoms with Crippen LogP contribution in [0, 0.1) is 29.6 Å². The molecule has 50 heavy (non-hydrogen) atoms. The van der Waals surface area contributed by atoms with Crippen molar-refractivity contribution >= 4 is 60.7 Å². The third-order valence-electron chi connectivity index (χ3n) is 9.75. The minimum Gasteiger partial charge on any atom is -0.454 e. The van der Waals surface area contributed by atoms with Crippen molar-refractivity contribution in [3.63, 3.8) is 0 Å². The van der Waals surface area contributed by atoms with Gasteiger partial charge in [-0.05, 0) is 96.9 Å². The van der Waals surface area contributed by atoms with Gasteiger partial charge in [-0.3, -0.25) is 0 Å². The van der Waals surface area contributed by atoms with Crippen molar-refractivity contribution in [1.29, 1.82) is 10.5 Å². The highest BCUT2D eigenvalue weighted by Crippen LogP contribution is 2.42. The zero-order chi connectivity index (χ0) is 33.9. The number of benzene rings is 6. The minimum absolute atomic E-state index is 0.575. The summed E-state index contributed by atoms with van der Waals surface area (Å²) in [6.45, 7) is 6.05. The van der Waals surface area contributed by atoms with Crippen molar-refractivity contribution in [2.45, 2.75) is 6.92 Å². The van der Waals surface area contributed by atoms with Gasteiger partial charge in [0.25, 0.3) is 0 Å². The van der Waals surface area contributed by atoms with Crippen LogP contribution < -0.4 is 0 Å². The Morgan fingerprint density at radius 2 is 1.40 bits per heavy atom. The largest absolute Gasteiger partial charge is 0.454 e. The zero-order valence-electron chi connectivity index (χ0n) is 27.2. The first-order valence-electron chi connectivity index (χ1n) is 16.4. The molecule has 0 fully saturated rings. The number of para-hydroxylation sites is 2. The van der Waals surface area contributed by atoms with E-state index in [2.05, 4.69) is 102 Å². The van der Waals surface area contributed by atoms with Crippen LogP contribution in [-0.4, -0.2) is 9.13 Å². The summed E-state index contributed by atoms with van der Waals surface area (Å²) in [5.74, 6) is 0. The molecule has 0 bridgehead atoms. The van der Waals surface area contributed by atoms with Gasteiger partial charge in [0.1, 0.15) is 5.58 Å². The first kappa shape index (κ1) is 29.1. The lowest BCUT2D eigenvalue weighted by Crippen LogP contribution is -1.98. The monoisotopic (exact) mass is 640 g/mol. The Kier molecular flexibility index (Phi) is 6.56. The van der Waals surface area contributed by atoms with Crippen LogP contribution in [0.4, 0.5) is 0 Å². The number of furan rings is 1. The predicted molar refractivity (Wildman–Crippen MR) is 204 cm³/mol. The third-order valence-corrected chi connectivity index (χ3v) is 9.75. The summed E-state index contributed by atoms with van der Waals surface area (Å²) in [7, 11) is 0. The van der Waals surface area contributed by atoms with E-state index in [1.807, 2.05) is 66.7 Å². The minimum atomic E-state index is 0.575. The molecule has 9 rings (SSSR count). The molecule has 0 spiro atoms. The van der Waals surface area contributed by atoms with Gasteiger partial charge in [0.15, 0.2) is 5.58 Å². The maximum Gasteiger partial charge on any atom is 0.160 e. The average Bonchev–Trinajstić information content (AvgIpc) is 3.80. The fraction of sp³-hybridized carbons (Fsp3) is 0.0222. The fourth-order valence-electron chi connectivity index (χ4n) is 7.48. The van der Waals surface area contributed by atoms with Gasteiger partial charge < -0.3 is 13.6 Å². The van der Waals surface area contributed by atoms with E-state index in [1.165, 1.54) is 0 Å². The van der Waals surface area contributed by atoms with Crippen LogP contribution in [0.5, 0.6) is 0 Å². The van der Waals surface area contributed by atoms with E-state index < -0.39 is 0 Å². The van der Waals surface area contributed by atoms with E-state index in [0.29, 0.717) is 11.1 Å². The molecular formula is C45H28N4O. The smallest absolute Gasteiger partial charge is 0.160 e. The van der Waals surface area contributed by atoms with Crippen LogP contribution in [0.3, 0.4) is 0 Å². The van der Waals surface area contributed by atoms with Crippen LogP contribution in [0.1, 0.15) is 22.4 Å². The molecule has 3 heterocycles. The molecular weight excluding hydrogens is 613 g/mol. The molecule has 5 heteroatoms. The van der Waals surface area contributed by atoms with Crippen LogP contribution in [0.15, 0.2) is 144 Å². The van der Waals surface area contributed by atoms with Gasteiger partial charge in [-0.15, -0.1) is 0 Å². The molecule has 3 aromatic heterocycles. The first-order chi connectivity index (χ1) is 24.6. The number of nitrogens with zero attached hydrogens (tertiary/aromatic N) is 4. The molecule has 6 aromatic carbocycles. The number of hydrogen-bond donors (Lipinski definition) is 0. The van der Waals surface area contributed by atoms with Gasteiger partial charge in [0, 0.05) is 43.9 Å². The number of hydrogen-bond acceptors (Lipinski definition) is 3. The molecule has 0 saturated heterocycles. The quantitative estimate of drug-likeness (QED) is 0.176. The van der Waals surface area contributed by atoms with E-state index in [0.717, 1.165) is 88.4 Å². The Morgan fingerprint density at radius 1 is 0.660 bits per heavy atom. The van der Waals surface area contributed by atoms with E-state index >= 15 is 0 Å². The summed E-state index contributed by atoms with van der Waals surface area (Å²) in [4.78, 5) is 0. The Balaban J connectivity index is 1.32. The van der Waals surface area contributed by atoms with Crippen molar-refractivity contribution < 1.29 is 4.42 Å². The maximum atomic E-state index is 10.00. The van der Waals surface area contributed by atoms with E-state index in [4.69, 9.17) is 4.42 Å². The van der Waals surface area contributed by atoms with Crippen molar-refractivity contribution in [3.8, 4) is 34.6 Å². The molecule has 5 nitrogen and oxygen atoms in total. The third kappa shape index (κ3) is 4.25. The summed E-state index contributed by atoms with van der Waals surface area (Å²) in [6, 6.07) is 45.5. The van der Waals surface area contributed by atoms with Gasteiger partial charge in [-0.25, -0.2) is 0 Å². The normalized spacial score (nSPS) is 11.7. The van der Waals surface area contributed by atoms with Gasteiger partial charge in [0.2, 0.25) is 0 Å². The van der Waals surface area contributed by atoms with Crippen molar-refractivity contribution in [3.05, 3.63) is 162 Å². The topological polar surface area (TPSA) is 70.6 Å². The summed E-state index contributed by atoms with van der Waals surface area (Å²) in [5, 5.41) is 24.9. The molecule has 0 atom stereocenters. The lowest BCUT2D eigenvalue weighted by molar-refractivity contribution is 0.671. The first-order valence-corrected chi connectivity index (χ1v) is 16.4. The lowest BCUT2D eigenvalue weighted by Gasteiger charge is -2.15. The molecule has 234 valence electrons. The molecule has 0 amide bonds. The van der Waals surface area contributed by atoms with E-state index in [-0.39, 0.29) is 0 Å². The Hall–Kier alpha value is -7.08. The number of allylic oxidation sites excluding steroid dienone is 2. The van der Waals surface area contributed by atoms with Gasteiger partial charge in [-0.2, -0.15) is 10.5 Å². The second-order valence-corrected chi connectivity index (χ2v) is 12.5. The fourth-order valence-corrected chi connectivity index (χ4v) is 7.48. The molecule has 0 N–H and O–H groups in total. The number of aryl methyl sites for hydroxylation is 1. The molecule has 0 saturated carbocycles. The molecule has 9 aromatic rings. The summed E-state index contributed by atoms with van der Waals surface area (Å²) in [5.41, 5.74) is 12.0. The summed E-state index contributed by atoms with van der Waals surface area (Å²) < 4.78 is 11.2. The highest BCUT2D eigenvalue weighted by Gasteiger charge is 2.22. The number of fused-ring (bicyclic) bond motifs is 8. The Bertz CT molecular complexity index is 2970. The Labute approximate surface area is 288 Å². The lowest BCUT2D eigenvalue weighted by atomic mass is 9.98. The van der Waals surface area contributed by atoms with Gasteiger partial charge in [0.05, 0.1) is 45.5 Å². The molecule has 0 unspecified atom stereocenters. The molecule has 0 aliphatic carbocycles. The number of aromatic nitrogens is 2. The second kappa shape index (κ2) is 11.3. The van der Waals surface area contributed by atoms with Crippen LogP contribution >= 0.6 is 0 Å². The average molecular weight is 641 g/mol. The summed E-state index contributed by atoms with van der Waals surface area (Å²) in [6.07, 6.45) is 5.86.